The largest absolute Gasteiger partial charge is 0.309 e. The van der Waals surface area contributed by atoms with Crippen molar-refractivity contribution in [3.8, 4) is 0 Å². The lowest BCUT2D eigenvalue weighted by atomic mass is 10.1. The van der Waals surface area contributed by atoms with Gasteiger partial charge >= 0.3 is 0 Å². The number of nitrogens with one attached hydrogen (secondary N) is 1. The van der Waals surface area contributed by atoms with Crippen LogP contribution in [-0.4, -0.2) is 11.5 Å². The van der Waals surface area contributed by atoms with E-state index in [1.807, 2.05) is 23.7 Å². The summed E-state index contributed by atoms with van der Waals surface area (Å²) < 4.78 is 1.23. The van der Waals surface area contributed by atoms with E-state index >= 15 is 0 Å². The monoisotopic (exact) mass is 324 g/mol. The summed E-state index contributed by atoms with van der Waals surface area (Å²) in [5, 5.41) is 3.56. The number of halogens is 1. The van der Waals surface area contributed by atoms with Crippen molar-refractivity contribution in [2.24, 2.45) is 0 Å². The van der Waals surface area contributed by atoms with E-state index in [9.17, 15) is 0 Å². The maximum absolute atomic E-state index is 4.06. The molecule has 96 valence electrons. The first kappa shape index (κ1) is 13.7. The maximum atomic E-state index is 4.06. The molecule has 0 aliphatic rings. The predicted molar refractivity (Wildman–Crippen MR) is 81.1 cm³/mol. The minimum atomic E-state index is 0.382. The Morgan fingerprint density at radius 2 is 2.11 bits per heavy atom. The highest BCUT2D eigenvalue weighted by molar-refractivity contribution is 9.11. The molecule has 0 saturated carbocycles. The minimum Gasteiger partial charge on any atom is -0.309 e. The van der Waals surface area contributed by atoms with E-state index in [1.165, 1.54) is 19.8 Å². The Hall–Kier alpha value is -0.710. The lowest BCUT2D eigenvalue weighted by Crippen LogP contribution is -2.22. The fraction of sp³-hybridized carbons (Fsp3) is 0.357. The first-order chi connectivity index (χ1) is 8.70. The van der Waals surface area contributed by atoms with Crippen LogP contribution in [0, 0.1) is 6.92 Å². The van der Waals surface area contributed by atoms with Gasteiger partial charge in [-0.3, -0.25) is 4.98 Å². The summed E-state index contributed by atoms with van der Waals surface area (Å²) >= 11 is 5.42. The van der Waals surface area contributed by atoms with Crippen molar-refractivity contribution in [1.82, 2.24) is 10.3 Å². The molecule has 0 aromatic carbocycles. The number of aryl methyl sites for hydroxylation is 1. The Morgan fingerprint density at radius 1 is 1.39 bits per heavy atom. The molecule has 1 N–H and O–H groups in total. The second-order valence-corrected chi connectivity index (χ2v) is 6.68. The summed E-state index contributed by atoms with van der Waals surface area (Å²) in [4.78, 5) is 5.45. The van der Waals surface area contributed by atoms with Gasteiger partial charge in [0, 0.05) is 23.3 Å². The van der Waals surface area contributed by atoms with Gasteiger partial charge in [-0.25, -0.2) is 0 Å². The molecule has 4 heteroatoms. The van der Waals surface area contributed by atoms with Gasteiger partial charge in [0.1, 0.15) is 0 Å². The van der Waals surface area contributed by atoms with Gasteiger partial charge in [0.15, 0.2) is 0 Å². The quantitative estimate of drug-likeness (QED) is 0.895. The molecule has 0 aliphatic carbocycles. The first-order valence-corrected chi connectivity index (χ1v) is 7.69. The Labute approximate surface area is 121 Å². The number of likely N-dealkylation sites (N-methyl/N-ethyl adjacent to an activating group) is 1. The van der Waals surface area contributed by atoms with Crippen molar-refractivity contribution in [2.45, 2.75) is 26.3 Å². The van der Waals surface area contributed by atoms with E-state index in [0.717, 1.165) is 13.0 Å². The lowest BCUT2D eigenvalue weighted by molar-refractivity contribution is 0.558. The summed E-state index contributed by atoms with van der Waals surface area (Å²) in [7, 11) is 0. The van der Waals surface area contributed by atoms with Crippen LogP contribution in [0.1, 0.15) is 29.0 Å². The van der Waals surface area contributed by atoms with Gasteiger partial charge in [-0.2, -0.15) is 0 Å². The van der Waals surface area contributed by atoms with Crippen LogP contribution in [0.3, 0.4) is 0 Å². The molecule has 2 aromatic rings. The Morgan fingerprint density at radius 3 is 2.67 bits per heavy atom. The predicted octanol–water partition coefficient (Wildman–Crippen LogP) is 4.11. The number of hydrogen-bond acceptors (Lipinski definition) is 3. The van der Waals surface area contributed by atoms with E-state index in [-0.39, 0.29) is 0 Å². The molecule has 2 heterocycles. The van der Waals surface area contributed by atoms with Crippen LogP contribution in [0.15, 0.2) is 34.4 Å². The number of aromatic nitrogens is 1. The molecule has 0 amide bonds. The van der Waals surface area contributed by atoms with E-state index in [1.54, 1.807) is 0 Å². The van der Waals surface area contributed by atoms with Crippen molar-refractivity contribution in [3.05, 3.63) is 50.4 Å². The smallest absolute Gasteiger partial charge is 0.0731 e. The molecule has 0 saturated heterocycles. The molecule has 18 heavy (non-hydrogen) atoms. The van der Waals surface area contributed by atoms with Crippen molar-refractivity contribution >= 4 is 27.3 Å². The zero-order chi connectivity index (χ0) is 13.0. The fourth-order valence-corrected chi connectivity index (χ4v) is 3.58. The molecule has 1 unspecified atom stereocenters. The summed E-state index contributed by atoms with van der Waals surface area (Å²) in [6, 6.07) is 6.82. The van der Waals surface area contributed by atoms with E-state index in [2.05, 4.69) is 58.3 Å². The van der Waals surface area contributed by atoms with Gasteiger partial charge < -0.3 is 5.32 Å². The van der Waals surface area contributed by atoms with Crippen LogP contribution in [-0.2, 0) is 6.42 Å². The third-order valence-corrected chi connectivity index (χ3v) is 5.11. The highest BCUT2D eigenvalue weighted by Crippen LogP contribution is 2.32. The molecule has 0 spiro atoms. The van der Waals surface area contributed by atoms with E-state index in [4.69, 9.17) is 0 Å². The van der Waals surface area contributed by atoms with Crippen molar-refractivity contribution in [2.75, 3.05) is 6.54 Å². The molecule has 1 atom stereocenters. The fourth-order valence-electron chi connectivity index (χ4n) is 1.93. The average Bonchev–Trinajstić information content (AvgIpc) is 2.70. The zero-order valence-electron chi connectivity index (χ0n) is 10.6. The van der Waals surface area contributed by atoms with Crippen LogP contribution >= 0.6 is 27.3 Å². The van der Waals surface area contributed by atoms with Crippen LogP contribution in [0.4, 0.5) is 0 Å². The SMILES string of the molecule is CCNC(Cc1ccncc1)c1cc(C)c(Br)s1. The van der Waals surface area contributed by atoms with Gasteiger partial charge in [0.2, 0.25) is 0 Å². The number of nitrogens with zero attached hydrogens (tertiary/aromatic N) is 1. The molecule has 2 rings (SSSR count). The normalized spacial score (nSPS) is 12.6. The second kappa shape index (κ2) is 6.45. The van der Waals surface area contributed by atoms with Gasteiger partial charge in [0.25, 0.3) is 0 Å². The van der Waals surface area contributed by atoms with Gasteiger partial charge in [-0.1, -0.05) is 6.92 Å². The number of pyridine rings is 1. The van der Waals surface area contributed by atoms with E-state index in [0.29, 0.717) is 6.04 Å². The summed E-state index contributed by atoms with van der Waals surface area (Å²) in [5.74, 6) is 0. The Kier molecular flexibility index (Phi) is 4.92. The number of hydrogen-bond donors (Lipinski definition) is 1. The molecule has 2 aromatic heterocycles. The molecule has 0 aliphatic heterocycles. The summed E-state index contributed by atoms with van der Waals surface area (Å²) in [6.45, 7) is 5.26. The summed E-state index contributed by atoms with van der Waals surface area (Å²) in [6.07, 6.45) is 4.71. The maximum Gasteiger partial charge on any atom is 0.0731 e. The van der Waals surface area contributed by atoms with Crippen LogP contribution < -0.4 is 5.32 Å². The van der Waals surface area contributed by atoms with Gasteiger partial charge in [-0.05, 0) is 65.1 Å². The number of rotatable bonds is 5. The van der Waals surface area contributed by atoms with Crippen LogP contribution in [0.2, 0.25) is 0 Å². The third-order valence-electron chi connectivity index (χ3n) is 2.86. The molecule has 0 fully saturated rings. The highest BCUT2D eigenvalue weighted by Gasteiger charge is 2.14. The van der Waals surface area contributed by atoms with Crippen molar-refractivity contribution < 1.29 is 0 Å². The molecule has 0 bridgehead atoms. The Balaban J connectivity index is 2.18. The summed E-state index contributed by atoms with van der Waals surface area (Å²) in [5.41, 5.74) is 2.63. The number of thiophene rings is 1. The zero-order valence-corrected chi connectivity index (χ0v) is 13.0. The topological polar surface area (TPSA) is 24.9 Å². The third kappa shape index (κ3) is 3.40. The molecule has 2 nitrogen and oxygen atoms in total. The first-order valence-electron chi connectivity index (χ1n) is 6.08. The van der Waals surface area contributed by atoms with E-state index < -0.39 is 0 Å². The van der Waals surface area contributed by atoms with Crippen LogP contribution in [0.5, 0.6) is 0 Å². The second-order valence-electron chi connectivity index (χ2n) is 4.28. The van der Waals surface area contributed by atoms with Crippen LogP contribution in [0.25, 0.3) is 0 Å². The lowest BCUT2D eigenvalue weighted by Gasteiger charge is -2.16. The van der Waals surface area contributed by atoms with Gasteiger partial charge in [-0.15, -0.1) is 11.3 Å². The molecular formula is C14H17BrN2S. The average molecular weight is 325 g/mol. The standard InChI is InChI=1S/C14H17BrN2S/c1-3-17-12(9-11-4-6-16-7-5-11)13-8-10(2)14(15)18-13/h4-8,12,17H,3,9H2,1-2H3. The van der Waals surface area contributed by atoms with Gasteiger partial charge in [0.05, 0.1) is 3.79 Å². The van der Waals surface area contributed by atoms with Crippen molar-refractivity contribution in [3.63, 3.8) is 0 Å². The Bertz CT molecular complexity index is 476. The highest BCUT2D eigenvalue weighted by atomic mass is 79.9. The van der Waals surface area contributed by atoms with Crippen molar-refractivity contribution in [1.29, 1.82) is 0 Å². The minimum absolute atomic E-state index is 0.382. The molecule has 0 radical (unpaired) electrons. The molecular weight excluding hydrogens is 308 g/mol.